The second-order valence-electron chi connectivity index (χ2n) is 12.0. The van der Waals surface area contributed by atoms with E-state index in [2.05, 4.69) is 54.8 Å². The molecular formula is C33H45F3N2O5. The number of piperidine rings is 1. The predicted molar refractivity (Wildman–Crippen MR) is 159 cm³/mol. The maximum atomic E-state index is 13.1. The Morgan fingerprint density at radius 2 is 1.60 bits per heavy atom. The SMILES string of the molecule is CCCCOc1ccc(CC(=O)N2CCC3(CCN(Cc4ccccc4OCC(C)C)CC3)C2)cc1.O=C(O)C(F)(F)F. The third-order valence-electron chi connectivity index (χ3n) is 7.93. The summed E-state index contributed by atoms with van der Waals surface area (Å²) in [6, 6.07) is 16.5. The molecule has 2 aromatic carbocycles. The fraction of sp³-hybridized carbons (Fsp3) is 0.576. The van der Waals surface area contributed by atoms with Gasteiger partial charge in [-0.2, -0.15) is 13.2 Å². The minimum absolute atomic E-state index is 0.255. The smallest absolute Gasteiger partial charge is 0.490 e. The number of carbonyl (C=O) groups is 2. The first-order valence-electron chi connectivity index (χ1n) is 15.1. The van der Waals surface area contributed by atoms with Crippen molar-refractivity contribution >= 4 is 11.9 Å². The zero-order chi connectivity index (χ0) is 31.5. The van der Waals surface area contributed by atoms with Gasteiger partial charge in [0, 0.05) is 25.2 Å². The fourth-order valence-electron chi connectivity index (χ4n) is 5.34. The monoisotopic (exact) mass is 606 g/mol. The zero-order valence-corrected chi connectivity index (χ0v) is 25.5. The van der Waals surface area contributed by atoms with Gasteiger partial charge in [-0.15, -0.1) is 0 Å². The maximum absolute atomic E-state index is 13.1. The summed E-state index contributed by atoms with van der Waals surface area (Å²) >= 11 is 0. The average Bonchev–Trinajstić information content (AvgIpc) is 3.38. The van der Waals surface area contributed by atoms with Gasteiger partial charge in [0.05, 0.1) is 19.6 Å². The number of halogens is 3. The number of aliphatic carboxylic acids is 1. The van der Waals surface area contributed by atoms with Crippen molar-refractivity contribution in [3.8, 4) is 11.5 Å². The summed E-state index contributed by atoms with van der Waals surface area (Å²) in [5.74, 6) is -0.0761. The van der Waals surface area contributed by atoms with Gasteiger partial charge in [0.2, 0.25) is 5.91 Å². The molecule has 0 aliphatic carbocycles. The number of carbonyl (C=O) groups excluding carboxylic acids is 1. The normalized spacial score (nSPS) is 16.6. The number of nitrogens with zero attached hydrogens (tertiary/aromatic N) is 2. The lowest BCUT2D eigenvalue weighted by Crippen LogP contribution is -2.42. The standard InChI is InChI=1S/C31H44N2O3.C2HF3O2/c1-4-5-20-35-28-12-10-26(11-13-28)21-30(34)33-19-16-31(24-33)14-17-32(18-15-31)22-27-8-6-7-9-29(27)36-23-25(2)3;3-2(4,5)1(6)7/h6-13,25H,4-5,14-24H2,1-3H3;(H,6,7). The minimum atomic E-state index is -5.08. The largest absolute Gasteiger partial charge is 0.494 e. The van der Waals surface area contributed by atoms with Crippen molar-refractivity contribution in [2.24, 2.45) is 11.3 Å². The summed E-state index contributed by atoms with van der Waals surface area (Å²) in [5.41, 5.74) is 2.63. The van der Waals surface area contributed by atoms with Crippen molar-refractivity contribution in [1.29, 1.82) is 0 Å². The molecule has 0 aromatic heterocycles. The summed E-state index contributed by atoms with van der Waals surface area (Å²) < 4.78 is 43.6. The summed E-state index contributed by atoms with van der Waals surface area (Å²) in [5, 5.41) is 7.12. The number of alkyl halides is 3. The van der Waals surface area contributed by atoms with Gasteiger partial charge in [-0.1, -0.05) is 57.5 Å². The van der Waals surface area contributed by atoms with Crippen LogP contribution in [-0.4, -0.2) is 72.4 Å². The van der Waals surface area contributed by atoms with Crippen LogP contribution in [0.2, 0.25) is 0 Å². The van der Waals surface area contributed by atoms with Crippen LogP contribution in [0.15, 0.2) is 48.5 Å². The quantitative estimate of drug-likeness (QED) is 0.291. The Bertz CT molecular complexity index is 1160. The number of carboxylic acid groups (broad SMARTS) is 1. The van der Waals surface area contributed by atoms with Crippen LogP contribution in [0.3, 0.4) is 0 Å². The van der Waals surface area contributed by atoms with Gasteiger partial charge in [-0.3, -0.25) is 9.69 Å². The molecule has 2 heterocycles. The van der Waals surface area contributed by atoms with Crippen LogP contribution in [0, 0.1) is 11.3 Å². The molecular weight excluding hydrogens is 561 g/mol. The van der Waals surface area contributed by atoms with Gasteiger partial charge in [0.15, 0.2) is 0 Å². The van der Waals surface area contributed by atoms with Crippen LogP contribution in [-0.2, 0) is 22.6 Å². The van der Waals surface area contributed by atoms with Crippen molar-refractivity contribution in [3.63, 3.8) is 0 Å². The summed E-state index contributed by atoms with van der Waals surface area (Å²) in [6.45, 7) is 12.9. The van der Waals surface area contributed by atoms with E-state index in [0.717, 1.165) is 95.1 Å². The zero-order valence-electron chi connectivity index (χ0n) is 25.5. The van der Waals surface area contributed by atoms with Gasteiger partial charge in [0.1, 0.15) is 11.5 Å². The van der Waals surface area contributed by atoms with Crippen molar-refractivity contribution in [2.75, 3.05) is 39.4 Å². The molecule has 0 bridgehead atoms. The third-order valence-corrected chi connectivity index (χ3v) is 7.93. The van der Waals surface area contributed by atoms with Crippen LogP contribution in [0.1, 0.15) is 64.0 Å². The van der Waals surface area contributed by atoms with Gasteiger partial charge in [-0.05, 0) is 73.9 Å². The Balaban J connectivity index is 0.000000646. The number of carboxylic acids is 1. The number of benzene rings is 2. The molecule has 2 aliphatic rings. The molecule has 238 valence electrons. The third kappa shape index (κ3) is 11.1. The average molecular weight is 607 g/mol. The first-order chi connectivity index (χ1) is 20.4. The predicted octanol–water partition coefficient (Wildman–Crippen LogP) is 6.59. The fourth-order valence-corrected chi connectivity index (χ4v) is 5.34. The van der Waals surface area contributed by atoms with E-state index in [1.165, 1.54) is 5.56 Å². The summed E-state index contributed by atoms with van der Waals surface area (Å²) in [7, 11) is 0. The Morgan fingerprint density at radius 1 is 0.977 bits per heavy atom. The van der Waals surface area contributed by atoms with E-state index in [9.17, 15) is 18.0 Å². The lowest BCUT2D eigenvalue weighted by molar-refractivity contribution is -0.192. The number of likely N-dealkylation sites (tertiary alicyclic amines) is 2. The molecule has 10 heteroatoms. The Labute approximate surface area is 253 Å². The first kappa shape index (κ1) is 34.2. The maximum Gasteiger partial charge on any atom is 0.490 e. The Kier molecular flexibility index (Phi) is 12.7. The molecule has 1 amide bonds. The molecule has 1 spiro atoms. The molecule has 0 atom stereocenters. The number of amides is 1. The topological polar surface area (TPSA) is 79.3 Å². The van der Waals surface area contributed by atoms with E-state index < -0.39 is 12.1 Å². The van der Waals surface area contributed by atoms with Crippen LogP contribution >= 0.6 is 0 Å². The van der Waals surface area contributed by atoms with Gasteiger partial charge >= 0.3 is 12.1 Å². The molecule has 1 N–H and O–H groups in total. The van der Waals surface area contributed by atoms with Crippen LogP contribution < -0.4 is 9.47 Å². The summed E-state index contributed by atoms with van der Waals surface area (Å²) in [6.07, 6.45) is 1.04. The van der Waals surface area contributed by atoms with Crippen molar-refractivity contribution in [2.45, 2.75) is 72.0 Å². The molecule has 0 unspecified atom stereocenters. The highest BCUT2D eigenvalue weighted by atomic mass is 19.4. The minimum Gasteiger partial charge on any atom is -0.494 e. The number of para-hydroxylation sites is 1. The molecule has 4 rings (SSSR count). The van der Waals surface area contributed by atoms with Crippen LogP contribution in [0.4, 0.5) is 13.2 Å². The van der Waals surface area contributed by atoms with E-state index in [1.807, 2.05) is 24.3 Å². The van der Waals surface area contributed by atoms with Gasteiger partial charge in [-0.25, -0.2) is 4.79 Å². The Hall–Kier alpha value is -3.27. The molecule has 43 heavy (non-hydrogen) atoms. The van der Waals surface area contributed by atoms with E-state index in [4.69, 9.17) is 19.4 Å². The van der Waals surface area contributed by atoms with E-state index in [-0.39, 0.29) is 11.3 Å². The van der Waals surface area contributed by atoms with Crippen molar-refractivity contribution in [3.05, 3.63) is 59.7 Å². The molecule has 0 radical (unpaired) electrons. The number of unbranched alkanes of at least 4 members (excludes halogenated alkanes) is 1. The lowest BCUT2D eigenvalue weighted by atomic mass is 9.77. The second kappa shape index (κ2) is 16.0. The van der Waals surface area contributed by atoms with E-state index in [1.54, 1.807) is 0 Å². The highest BCUT2D eigenvalue weighted by molar-refractivity contribution is 5.79. The van der Waals surface area contributed by atoms with Gasteiger partial charge < -0.3 is 19.5 Å². The van der Waals surface area contributed by atoms with Crippen LogP contribution in [0.25, 0.3) is 0 Å². The van der Waals surface area contributed by atoms with Gasteiger partial charge in [0.25, 0.3) is 0 Å². The number of ether oxygens (including phenoxy) is 2. The van der Waals surface area contributed by atoms with Crippen molar-refractivity contribution < 1.29 is 37.3 Å². The van der Waals surface area contributed by atoms with Crippen molar-refractivity contribution in [1.82, 2.24) is 9.80 Å². The first-order valence-corrected chi connectivity index (χ1v) is 15.1. The molecule has 2 aliphatic heterocycles. The highest BCUT2D eigenvalue weighted by Gasteiger charge is 2.42. The molecule has 7 nitrogen and oxygen atoms in total. The summed E-state index contributed by atoms with van der Waals surface area (Å²) in [4.78, 5) is 26.6. The molecule has 0 saturated carbocycles. The lowest BCUT2D eigenvalue weighted by Gasteiger charge is -2.39. The molecule has 2 fully saturated rings. The Morgan fingerprint density at radius 3 is 2.21 bits per heavy atom. The number of hydrogen-bond acceptors (Lipinski definition) is 5. The molecule has 2 saturated heterocycles. The van der Waals surface area contributed by atoms with E-state index in [0.29, 0.717) is 12.3 Å². The van der Waals surface area contributed by atoms with Crippen LogP contribution in [0.5, 0.6) is 11.5 Å². The number of hydrogen-bond donors (Lipinski definition) is 1. The molecule has 2 aromatic rings. The van der Waals surface area contributed by atoms with E-state index >= 15 is 0 Å². The number of rotatable bonds is 11. The second-order valence-corrected chi connectivity index (χ2v) is 12.0. The highest BCUT2D eigenvalue weighted by Crippen LogP contribution is 2.41.